The molecule has 0 radical (unpaired) electrons. The number of aromatic nitrogens is 3. The van der Waals surface area contributed by atoms with Gasteiger partial charge in [0.05, 0.1) is 10.7 Å². The second kappa shape index (κ2) is 9.69. The van der Waals surface area contributed by atoms with E-state index in [0.29, 0.717) is 32.0 Å². The first kappa shape index (κ1) is 22.3. The topological polar surface area (TPSA) is 49.0 Å². The Morgan fingerprint density at radius 2 is 1.75 bits per heavy atom. The van der Waals surface area contributed by atoms with Gasteiger partial charge in [-0.1, -0.05) is 71.7 Å². The minimum Gasteiger partial charge on any atom is -0.484 e. The lowest BCUT2D eigenvalue weighted by molar-refractivity contribution is 0.0966. The minimum absolute atomic E-state index is 0.0242. The molecule has 162 valence electrons. The fourth-order valence-electron chi connectivity index (χ4n) is 3.29. The number of hydrogen-bond donors (Lipinski definition) is 0. The summed E-state index contributed by atoms with van der Waals surface area (Å²) >= 11 is 17.9. The molecular formula is C24H19Cl2N3O2S. The highest BCUT2D eigenvalue weighted by Crippen LogP contribution is 2.28. The molecule has 0 spiro atoms. The summed E-state index contributed by atoms with van der Waals surface area (Å²) in [5, 5.41) is 5.54. The summed E-state index contributed by atoms with van der Waals surface area (Å²) in [4.78, 5) is 12.8. The molecule has 0 amide bonds. The van der Waals surface area contributed by atoms with Crippen molar-refractivity contribution in [3.05, 3.63) is 105 Å². The van der Waals surface area contributed by atoms with Gasteiger partial charge in [0.25, 0.3) is 0 Å². The lowest BCUT2D eigenvalue weighted by atomic mass is 10.1. The van der Waals surface area contributed by atoms with Crippen LogP contribution in [0, 0.1) is 11.7 Å². The Balaban J connectivity index is 1.71. The van der Waals surface area contributed by atoms with Crippen molar-refractivity contribution in [2.75, 3.05) is 0 Å². The summed E-state index contributed by atoms with van der Waals surface area (Å²) in [7, 11) is 0. The van der Waals surface area contributed by atoms with Crippen molar-refractivity contribution in [2.45, 2.75) is 20.1 Å². The highest BCUT2D eigenvalue weighted by molar-refractivity contribution is 7.71. The number of carbonyl (C=O) groups excluding carboxylic acids is 1. The molecule has 8 heteroatoms. The van der Waals surface area contributed by atoms with Crippen molar-refractivity contribution < 1.29 is 9.53 Å². The molecule has 0 aliphatic carbocycles. The fraction of sp³-hybridized carbons (Fsp3) is 0.125. The third-order valence-corrected chi connectivity index (χ3v) is 5.83. The van der Waals surface area contributed by atoms with E-state index in [-0.39, 0.29) is 18.9 Å². The number of para-hydroxylation sites is 1. The number of Topliss-reactive ketones (excluding diaryl/α,β-unsaturated/α-hetero) is 1. The highest BCUT2D eigenvalue weighted by atomic mass is 35.5. The predicted octanol–water partition coefficient (Wildman–Crippen LogP) is 6.48. The number of rotatable bonds is 7. The van der Waals surface area contributed by atoms with Crippen LogP contribution in [-0.4, -0.2) is 20.1 Å². The van der Waals surface area contributed by atoms with Crippen molar-refractivity contribution in [1.82, 2.24) is 14.3 Å². The zero-order valence-corrected chi connectivity index (χ0v) is 19.5. The molecule has 4 aromatic rings. The Bertz CT molecular complexity index is 1330. The van der Waals surface area contributed by atoms with Crippen molar-refractivity contribution in [3.63, 3.8) is 0 Å². The predicted molar refractivity (Wildman–Crippen MR) is 129 cm³/mol. The molecule has 0 aliphatic rings. The Morgan fingerprint density at radius 3 is 2.47 bits per heavy atom. The second-order valence-electron chi connectivity index (χ2n) is 7.13. The van der Waals surface area contributed by atoms with Gasteiger partial charge in [0.1, 0.15) is 18.9 Å². The monoisotopic (exact) mass is 483 g/mol. The molecule has 0 atom stereocenters. The van der Waals surface area contributed by atoms with Gasteiger partial charge in [-0.25, -0.2) is 4.68 Å². The zero-order valence-electron chi connectivity index (χ0n) is 17.2. The first-order valence-corrected chi connectivity index (χ1v) is 11.0. The number of benzene rings is 3. The van der Waals surface area contributed by atoms with Crippen molar-refractivity contribution in [2.24, 2.45) is 0 Å². The maximum atomic E-state index is 12.8. The van der Waals surface area contributed by atoms with Gasteiger partial charge in [0.2, 0.25) is 4.77 Å². The zero-order chi connectivity index (χ0) is 22.7. The number of ether oxygens (including phenoxy) is 1. The molecule has 0 aliphatic heterocycles. The number of ketones is 1. The van der Waals surface area contributed by atoms with Crippen LogP contribution >= 0.6 is 35.4 Å². The van der Waals surface area contributed by atoms with E-state index < -0.39 is 0 Å². The molecule has 5 nitrogen and oxygen atoms in total. The van der Waals surface area contributed by atoms with Crippen LogP contribution in [0.5, 0.6) is 5.75 Å². The fourth-order valence-corrected chi connectivity index (χ4v) is 4.06. The largest absolute Gasteiger partial charge is 0.484 e. The molecule has 4 rings (SSSR count). The maximum absolute atomic E-state index is 12.8. The second-order valence-corrected chi connectivity index (χ2v) is 8.34. The smallest absolute Gasteiger partial charge is 0.203 e. The third-order valence-electron chi connectivity index (χ3n) is 4.90. The van der Waals surface area contributed by atoms with E-state index in [9.17, 15) is 4.79 Å². The van der Waals surface area contributed by atoms with Crippen LogP contribution in [0.4, 0.5) is 0 Å². The number of nitrogens with zero attached hydrogens (tertiary/aromatic N) is 3. The Kier molecular flexibility index (Phi) is 6.74. The van der Waals surface area contributed by atoms with Crippen LogP contribution < -0.4 is 4.74 Å². The van der Waals surface area contributed by atoms with E-state index in [1.807, 2.05) is 54.0 Å². The van der Waals surface area contributed by atoms with Crippen molar-refractivity contribution >= 4 is 41.2 Å². The van der Waals surface area contributed by atoms with Crippen LogP contribution in [0.1, 0.15) is 21.7 Å². The lowest BCUT2D eigenvalue weighted by Crippen LogP contribution is -2.12. The Labute approximate surface area is 200 Å². The van der Waals surface area contributed by atoms with Gasteiger partial charge >= 0.3 is 0 Å². The maximum Gasteiger partial charge on any atom is 0.203 e. The lowest BCUT2D eigenvalue weighted by Gasteiger charge is -2.11. The van der Waals surface area contributed by atoms with E-state index in [2.05, 4.69) is 5.10 Å². The van der Waals surface area contributed by atoms with Gasteiger partial charge in [-0.05, 0) is 49.0 Å². The normalized spacial score (nSPS) is 10.8. The molecule has 0 N–H and O–H groups in total. The quantitative estimate of drug-likeness (QED) is 0.223. The molecule has 0 bridgehead atoms. The van der Waals surface area contributed by atoms with Gasteiger partial charge in [-0.3, -0.25) is 9.36 Å². The molecule has 0 saturated carbocycles. The molecule has 1 aromatic heterocycles. The van der Waals surface area contributed by atoms with E-state index in [4.69, 9.17) is 40.2 Å². The highest BCUT2D eigenvalue weighted by Gasteiger charge is 2.17. The minimum atomic E-state index is -0.0793. The van der Waals surface area contributed by atoms with Crippen molar-refractivity contribution in [1.29, 1.82) is 0 Å². The van der Waals surface area contributed by atoms with Gasteiger partial charge in [-0.2, -0.15) is 5.10 Å². The summed E-state index contributed by atoms with van der Waals surface area (Å²) in [6, 6.07) is 21.9. The van der Waals surface area contributed by atoms with Gasteiger partial charge in [0, 0.05) is 10.6 Å². The summed E-state index contributed by atoms with van der Waals surface area (Å²) in [5.74, 6) is 0.953. The molecule has 0 unspecified atom stereocenters. The van der Waals surface area contributed by atoms with Crippen LogP contribution in [-0.2, 0) is 13.2 Å². The molecular weight excluding hydrogens is 465 g/mol. The average Bonchev–Trinajstić information content (AvgIpc) is 3.09. The van der Waals surface area contributed by atoms with E-state index in [1.165, 1.54) is 4.68 Å². The Morgan fingerprint density at radius 1 is 1.03 bits per heavy atom. The van der Waals surface area contributed by atoms with Crippen LogP contribution in [0.2, 0.25) is 10.0 Å². The first-order chi connectivity index (χ1) is 15.4. The summed E-state index contributed by atoms with van der Waals surface area (Å²) in [6.07, 6.45) is 0. The van der Waals surface area contributed by atoms with Gasteiger partial charge in [-0.15, -0.1) is 0 Å². The molecule has 1 heterocycles. The summed E-state index contributed by atoms with van der Waals surface area (Å²) in [5.41, 5.74) is 2.49. The number of halogens is 2. The third kappa shape index (κ3) is 4.78. The summed E-state index contributed by atoms with van der Waals surface area (Å²) < 4.78 is 9.68. The average molecular weight is 484 g/mol. The van der Waals surface area contributed by atoms with E-state index in [0.717, 1.165) is 11.3 Å². The number of carbonyl (C=O) groups is 1. The summed E-state index contributed by atoms with van der Waals surface area (Å²) in [6.45, 7) is 2.12. The van der Waals surface area contributed by atoms with Crippen LogP contribution in [0.3, 0.4) is 0 Å². The molecule has 32 heavy (non-hydrogen) atoms. The molecule has 0 saturated heterocycles. The molecule has 0 fully saturated rings. The van der Waals surface area contributed by atoms with E-state index in [1.54, 1.807) is 30.3 Å². The van der Waals surface area contributed by atoms with Crippen LogP contribution in [0.25, 0.3) is 5.69 Å². The first-order valence-electron chi connectivity index (χ1n) is 9.85. The van der Waals surface area contributed by atoms with Crippen molar-refractivity contribution in [3.8, 4) is 11.4 Å². The SMILES string of the molecule is Cc1ccccc1-n1c(COc2ccc(Cl)cc2Cl)nn(CC(=O)c2ccccc2)c1=S. The van der Waals surface area contributed by atoms with Gasteiger partial charge in [0.15, 0.2) is 11.6 Å². The standard InChI is InChI=1S/C24H19Cl2N3O2S/c1-16-7-5-6-10-20(16)29-23(15-31-22-12-11-18(25)13-19(22)26)27-28(24(29)32)14-21(30)17-8-3-2-4-9-17/h2-13H,14-15H2,1H3. The number of hydrogen-bond acceptors (Lipinski definition) is 4. The number of aryl methyl sites for hydroxylation is 1. The Hall–Kier alpha value is -2.93. The van der Waals surface area contributed by atoms with Crippen LogP contribution in [0.15, 0.2) is 72.8 Å². The van der Waals surface area contributed by atoms with Gasteiger partial charge < -0.3 is 4.74 Å². The van der Waals surface area contributed by atoms with E-state index >= 15 is 0 Å². The molecule has 3 aromatic carbocycles.